The summed E-state index contributed by atoms with van der Waals surface area (Å²) in [6.45, 7) is 4.62. The summed E-state index contributed by atoms with van der Waals surface area (Å²) < 4.78 is 2.21. The molecular weight excluding hydrogens is 496 g/mol. The summed E-state index contributed by atoms with van der Waals surface area (Å²) in [6, 6.07) is 16.3. The van der Waals surface area contributed by atoms with Crippen molar-refractivity contribution >= 4 is 46.6 Å². The molecule has 0 radical (unpaired) electrons. The number of nitrogens with one attached hydrogen (secondary N) is 1. The van der Waals surface area contributed by atoms with E-state index in [4.69, 9.17) is 26.6 Å². The molecule has 38 heavy (non-hydrogen) atoms. The highest BCUT2D eigenvalue weighted by Crippen LogP contribution is 2.25. The summed E-state index contributed by atoms with van der Waals surface area (Å²) in [5.74, 6) is 1.97. The van der Waals surface area contributed by atoms with Crippen molar-refractivity contribution in [1.29, 1.82) is 0 Å². The highest BCUT2D eigenvalue weighted by molar-refractivity contribution is 6.31. The van der Waals surface area contributed by atoms with E-state index in [1.807, 2.05) is 24.4 Å². The first-order valence-electron chi connectivity index (χ1n) is 13.6. The van der Waals surface area contributed by atoms with Crippen LogP contribution in [0.4, 0.5) is 17.8 Å². The van der Waals surface area contributed by atoms with E-state index in [1.165, 1.54) is 38.5 Å². The Morgan fingerprint density at radius 1 is 0.789 bits per heavy atom. The Bertz CT molecular complexity index is 1380. The van der Waals surface area contributed by atoms with Gasteiger partial charge in [-0.05, 0) is 56.2 Å². The normalized spacial score (nSPS) is 16.4. The van der Waals surface area contributed by atoms with Crippen LogP contribution in [0.25, 0.3) is 10.9 Å². The highest BCUT2D eigenvalue weighted by Gasteiger charge is 2.20. The van der Waals surface area contributed by atoms with Crippen LogP contribution in [0.3, 0.4) is 0 Å². The Kier molecular flexibility index (Phi) is 7.40. The average molecular weight is 529 g/mol. The van der Waals surface area contributed by atoms with E-state index in [1.54, 1.807) is 0 Å². The predicted molar refractivity (Wildman–Crippen MR) is 156 cm³/mol. The van der Waals surface area contributed by atoms with Gasteiger partial charge in [-0.15, -0.1) is 0 Å². The largest absolute Gasteiger partial charge is 0.342 e. The number of aromatic nitrogens is 4. The molecule has 0 saturated carbocycles. The van der Waals surface area contributed by atoms with Gasteiger partial charge in [0.2, 0.25) is 17.8 Å². The number of hydrogen-bond acceptors (Lipinski definition) is 7. The second kappa shape index (κ2) is 11.4. The Morgan fingerprint density at radius 2 is 1.42 bits per heavy atom. The molecular formula is C29H33ClN8. The lowest BCUT2D eigenvalue weighted by molar-refractivity contribution is 0.556. The van der Waals surface area contributed by atoms with E-state index in [0.29, 0.717) is 12.5 Å². The molecule has 9 heteroatoms. The molecule has 1 N–H and O–H groups in total. The highest BCUT2D eigenvalue weighted by atomic mass is 35.5. The van der Waals surface area contributed by atoms with E-state index < -0.39 is 0 Å². The van der Waals surface area contributed by atoms with E-state index in [2.05, 4.69) is 61.4 Å². The average Bonchev–Trinajstić information content (AvgIpc) is 3.32. The minimum atomic E-state index is 0.484. The van der Waals surface area contributed by atoms with Gasteiger partial charge in [-0.25, -0.2) is 5.43 Å². The molecule has 8 nitrogen and oxygen atoms in total. The van der Waals surface area contributed by atoms with Crippen LogP contribution in [0.2, 0.25) is 5.02 Å². The number of piperidine rings is 2. The van der Waals surface area contributed by atoms with Crippen LogP contribution < -0.4 is 15.2 Å². The molecule has 2 aromatic carbocycles. The van der Waals surface area contributed by atoms with Crippen LogP contribution in [-0.4, -0.2) is 51.9 Å². The van der Waals surface area contributed by atoms with Gasteiger partial charge in [0.1, 0.15) is 0 Å². The van der Waals surface area contributed by atoms with Gasteiger partial charge in [-0.2, -0.15) is 20.1 Å². The first kappa shape index (κ1) is 24.7. The molecule has 0 unspecified atom stereocenters. The zero-order chi connectivity index (χ0) is 25.7. The standard InChI is InChI=1S/C29H33ClN8/c30-25-13-5-3-11-22(25)20-38-21-23(24-12-4-6-14-26(24)38)19-31-35-27-32-28(36-15-7-1-8-16-36)34-29(33-27)37-17-9-2-10-18-37/h3-6,11-14,19,21H,1-2,7-10,15-18,20H2,(H,32,33,34,35). The lowest BCUT2D eigenvalue weighted by Crippen LogP contribution is -2.34. The number of benzene rings is 2. The third-order valence-corrected chi connectivity index (χ3v) is 7.74. The van der Waals surface area contributed by atoms with Gasteiger partial charge in [0.15, 0.2) is 0 Å². The second-order valence-electron chi connectivity index (χ2n) is 10.0. The van der Waals surface area contributed by atoms with Gasteiger partial charge in [0.25, 0.3) is 0 Å². The maximum absolute atomic E-state index is 6.45. The SMILES string of the molecule is Clc1ccccc1Cn1cc(C=NNc2nc(N3CCCCC3)nc(N3CCCCC3)n2)c2ccccc21. The number of nitrogens with zero attached hydrogens (tertiary/aromatic N) is 7. The minimum absolute atomic E-state index is 0.484. The number of para-hydroxylation sites is 1. The van der Waals surface area contributed by atoms with Gasteiger partial charge < -0.3 is 14.4 Å². The third kappa shape index (κ3) is 5.45. The molecule has 0 spiro atoms. The summed E-state index contributed by atoms with van der Waals surface area (Å²) in [6.07, 6.45) is 11.2. The summed E-state index contributed by atoms with van der Waals surface area (Å²) in [7, 11) is 0. The van der Waals surface area contributed by atoms with Crippen molar-refractivity contribution in [2.75, 3.05) is 41.4 Å². The van der Waals surface area contributed by atoms with Crippen molar-refractivity contribution in [2.45, 2.75) is 45.1 Å². The molecule has 2 fully saturated rings. The number of halogens is 1. The Balaban J connectivity index is 1.26. The van der Waals surface area contributed by atoms with Crippen molar-refractivity contribution < 1.29 is 0 Å². The number of fused-ring (bicyclic) bond motifs is 1. The van der Waals surface area contributed by atoms with E-state index >= 15 is 0 Å². The molecule has 0 atom stereocenters. The quantitative estimate of drug-likeness (QED) is 0.236. The van der Waals surface area contributed by atoms with Crippen molar-refractivity contribution in [3.05, 3.63) is 70.9 Å². The summed E-state index contributed by atoms with van der Waals surface area (Å²) >= 11 is 6.45. The lowest BCUT2D eigenvalue weighted by atomic mass is 10.1. The number of anilines is 3. The molecule has 2 aromatic heterocycles. The molecule has 0 bridgehead atoms. The Labute approximate surface area is 228 Å². The molecule has 2 aliphatic rings. The van der Waals surface area contributed by atoms with Crippen LogP contribution in [0.15, 0.2) is 59.8 Å². The molecule has 0 amide bonds. The zero-order valence-corrected chi connectivity index (χ0v) is 22.3. The number of hydrazone groups is 1. The van der Waals surface area contributed by atoms with E-state index in [0.717, 1.165) is 65.1 Å². The van der Waals surface area contributed by atoms with E-state index in [-0.39, 0.29) is 0 Å². The number of rotatable bonds is 7. The number of hydrogen-bond donors (Lipinski definition) is 1. The van der Waals surface area contributed by atoms with E-state index in [9.17, 15) is 0 Å². The first-order chi connectivity index (χ1) is 18.7. The zero-order valence-electron chi connectivity index (χ0n) is 21.6. The topological polar surface area (TPSA) is 74.5 Å². The first-order valence-corrected chi connectivity index (χ1v) is 14.0. The van der Waals surface area contributed by atoms with Crippen molar-refractivity contribution in [1.82, 2.24) is 19.5 Å². The van der Waals surface area contributed by atoms with Crippen LogP contribution in [-0.2, 0) is 6.54 Å². The van der Waals surface area contributed by atoms with Crippen molar-refractivity contribution in [2.24, 2.45) is 5.10 Å². The molecule has 6 rings (SSSR count). The van der Waals surface area contributed by atoms with Crippen LogP contribution in [0.5, 0.6) is 0 Å². The van der Waals surface area contributed by atoms with Gasteiger partial charge in [-0.1, -0.05) is 48.0 Å². The maximum atomic E-state index is 6.45. The summed E-state index contributed by atoms with van der Waals surface area (Å²) in [5.41, 5.74) is 6.34. The monoisotopic (exact) mass is 528 g/mol. The second-order valence-corrected chi connectivity index (χ2v) is 10.5. The van der Waals surface area contributed by atoms with Gasteiger partial charge in [0, 0.05) is 60.4 Å². The molecule has 4 heterocycles. The molecule has 2 saturated heterocycles. The molecule has 0 aliphatic carbocycles. The fourth-order valence-corrected chi connectivity index (χ4v) is 5.55. The third-order valence-electron chi connectivity index (χ3n) is 7.38. The van der Waals surface area contributed by atoms with Gasteiger partial charge in [-0.3, -0.25) is 0 Å². The lowest BCUT2D eigenvalue weighted by Gasteiger charge is -2.30. The Hall–Kier alpha value is -3.65. The molecule has 4 aromatic rings. The van der Waals surface area contributed by atoms with Gasteiger partial charge in [0.05, 0.1) is 6.21 Å². The van der Waals surface area contributed by atoms with Gasteiger partial charge >= 0.3 is 0 Å². The fourth-order valence-electron chi connectivity index (χ4n) is 5.35. The van der Waals surface area contributed by atoms with Crippen LogP contribution in [0.1, 0.15) is 49.7 Å². The van der Waals surface area contributed by atoms with Crippen molar-refractivity contribution in [3.8, 4) is 0 Å². The smallest absolute Gasteiger partial charge is 0.250 e. The minimum Gasteiger partial charge on any atom is -0.342 e. The molecule has 2 aliphatic heterocycles. The summed E-state index contributed by atoms with van der Waals surface area (Å²) in [5, 5.41) is 6.47. The summed E-state index contributed by atoms with van der Waals surface area (Å²) in [4.78, 5) is 18.9. The van der Waals surface area contributed by atoms with Crippen LogP contribution >= 0.6 is 11.6 Å². The Morgan fingerprint density at radius 3 is 2.11 bits per heavy atom. The predicted octanol–water partition coefficient (Wildman–Crippen LogP) is 5.95. The molecule has 196 valence electrons. The fraction of sp³-hybridized carbons (Fsp3) is 0.379. The van der Waals surface area contributed by atoms with Crippen molar-refractivity contribution in [3.63, 3.8) is 0 Å². The van der Waals surface area contributed by atoms with Crippen LogP contribution in [0, 0.1) is 0 Å². The maximum Gasteiger partial charge on any atom is 0.250 e.